The molecule has 0 radical (unpaired) electrons. The molecule has 0 bridgehead atoms. The highest BCUT2D eigenvalue weighted by Gasteiger charge is 2.26. The van der Waals surface area contributed by atoms with Crippen molar-refractivity contribution >= 4 is 39.1 Å². The summed E-state index contributed by atoms with van der Waals surface area (Å²) in [5, 5.41) is 5.84. The van der Waals surface area contributed by atoms with Crippen molar-refractivity contribution in [3.63, 3.8) is 0 Å². The maximum absolute atomic E-state index is 13.1. The van der Waals surface area contributed by atoms with Gasteiger partial charge in [-0.05, 0) is 63.1 Å². The molecule has 9 heteroatoms. The lowest BCUT2D eigenvalue weighted by molar-refractivity contribution is 0.0944. The van der Waals surface area contributed by atoms with E-state index in [2.05, 4.69) is 10.6 Å². The number of carbonyl (C=O) groups excluding carboxylic acids is 2. The van der Waals surface area contributed by atoms with E-state index in [1.54, 1.807) is 12.1 Å². The van der Waals surface area contributed by atoms with Gasteiger partial charge in [-0.1, -0.05) is 30.5 Å². The molecule has 0 aliphatic carbocycles. The molecule has 1 heterocycles. The number of nitrogens with zero attached hydrogens (tertiary/aromatic N) is 1. The quantitative estimate of drug-likeness (QED) is 0.648. The van der Waals surface area contributed by atoms with Gasteiger partial charge in [-0.25, -0.2) is 8.42 Å². The predicted octanol–water partition coefficient (Wildman–Crippen LogP) is 4.30. The van der Waals surface area contributed by atoms with E-state index in [9.17, 15) is 18.0 Å². The van der Waals surface area contributed by atoms with Crippen LogP contribution < -0.4 is 10.6 Å². The van der Waals surface area contributed by atoms with Crippen molar-refractivity contribution in [1.82, 2.24) is 9.62 Å². The maximum Gasteiger partial charge on any atom is 0.255 e. The first-order valence-corrected chi connectivity index (χ1v) is 12.5. The first kappa shape index (κ1) is 24.2. The molecule has 2 N–H and O–H groups in total. The third kappa shape index (κ3) is 5.88. The first-order valence-electron chi connectivity index (χ1n) is 10.7. The van der Waals surface area contributed by atoms with Gasteiger partial charge in [-0.2, -0.15) is 4.31 Å². The van der Waals surface area contributed by atoms with E-state index in [0.717, 1.165) is 25.7 Å². The molecule has 172 valence electrons. The summed E-state index contributed by atoms with van der Waals surface area (Å²) in [6.07, 6.45) is 3.69. The average molecular weight is 478 g/mol. The summed E-state index contributed by atoms with van der Waals surface area (Å²) in [6.45, 7) is 4.63. The van der Waals surface area contributed by atoms with E-state index >= 15 is 0 Å². The molecule has 0 unspecified atom stereocenters. The number of rotatable bonds is 6. The van der Waals surface area contributed by atoms with Crippen molar-refractivity contribution in [3.05, 3.63) is 58.6 Å². The van der Waals surface area contributed by atoms with E-state index in [-0.39, 0.29) is 33.7 Å². The van der Waals surface area contributed by atoms with Gasteiger partial charge in [0.05, 0.1) is 16.1 Å². The molecular formula is C23H28ClN3O4S. The lowest BCUT2D eigenvalue weighted by Crippen LogP contribution is -2.32. The highest BCUT2D eigenvalue weighted by molar-refractivity contribution is 7.89. The second kappa shape index (κ2) is 10.5. The molecule has 0 spiro atoms. The number of nitrogens with one attached hydrogen (secondary N) is 2. The van der Waals surface area contributed by atoms with Crippen molar-refractivity contribution in [1.29, 1.82) is 0 Å². The summed E-state index contributed by atoms with van der Waals surface area (Å²) in [5.41, 5.74) is 0.697. The average Bonchev–Trinajstić information content (AvgIpc) is 3.03. The minimum Gasteiger partial charge on any atom is -0.350 e. The first-order chi connectivity index (χ1) is 15.2. The highest BCUT2D eigenvalue weighted by atomic mass is 35.5. The molecule has 1 fully saturated rings. The number of carbonyl (C=O) groups is 2. The Kier molecular flexibility index (Phi) is 7.92. The van der Waals surface area contributed by atoms with E-state index in [1.165, 1.54) is 34.6 Å². The normalized spacial score (nSPS) is 15.2. The molecule has 2 amide bonds. The maximum atomic E-state index is 13.1. The van der Waals surface area contributed by atoms with E-state index in [1.807, 2.05) is 13.8 Å². The Balaban J connectivity index is 1.86. The molecule has 32 heavy (non-hydrogen) atoms. The zero-order chi connectivity index (χ0) is 23.3. The Labute approximate surface area is 194 Å². The van der Waals surface area contributed by atoms with Gasteiger partial charge in [0.25, 0.3) is 11.8 Å². The van der Waals surface area contributed by atoms with Gasteiger partial charge >= 0.3 is 0 Å². The second-order valence-electron chi connectivity index (χ2n) is 8.12. The molecule has 0 saturated carbocycles. The topological polar surface area (TPSA) is 95.6 Å². The molecule has 1 aliphatic rings. The number of sulfonamides is 1. The smallest absolute Gasteiger partial charge is 0.255 e. The molecule has 1 aliphatic heterocycles. The van der Waals surface area contributed by atoms with Crippen LogP contribution in [0.15, 0.2) is 47.4 Å². The second-order valence-corrected chi connectivity index (χ2v) is 10.5. The summed E-state index contributed by atoms with van der Waals surface area (Å²) in [7, 11) is -3.69. The number of amides is 2. The number of hydrogen-bond donors (Lipinski definition) is 2. The van der Waals surface area contributed by atoms with Crippen LogP contribution in [0.1, 0.15) is 60.2 Å². The molecule has 7 nitrogen and oxygen atoms in total. The molecule has 1 saturated heterocycles. The number of halogens is 1. The monoisotopic (exact) mass is 477 g/mol. The summed E-state index contributed by atoms with van der Waals surface area (Å²) in [4.78, 5) is 25.5. The summed E-state index contributed by atoms with van der Waals surface area (Å²) >= 11 is 6.07. The van der Waals surface area contributed by atoms with E-state index < -0.39 is 15.9 Å². The van der Waals surface area contributed by atoms with Crippen LogP contribution in [0.25, 0.3) is 0 Å². The molecule has 0 aromatic heterocycles. The molecule has 0 atom stereocenters. The largest absolute Gasteiger partial charge is 0.350 e. The number of hydrogen-bond acceptors (Lipinski definition) is 4. The third-order valence-corrected chi connectivity index (χ3v) is 7.32. The van der Waals surface area contributed by atoms with E-state index in [0.29, 0.717) is 18.1 Å². The Morgan fingerprint density at radius 1 is 0.969 bits per heavy atom. The fourth-order valence-corrected chi connectivity index (χ4v) is 5.32. The van der Waals surface area contributed by atoms with Crippen molar-refractivity contribution < 1.29 is 18.0 Å². The summed E-state index contributed by atoms with van der Waals surface area (Å²) < 4.78 is 27.7. The Morgan fingerprint density at radius 2 is 1.66 bits per heavy atom. The molecule has 3 rings (SSSR count). The van der Waals surface area contributed by atoms with Crippen LogP contribution in [0.3, 0.4) is 0 Å². The Hall–Kier alpha value is -2.42. The van der Waals surface area contributed by atoms with Crippen LogP contribution in [0.2, 0.25) is 5.02 Å². The minimum atomic E-state index is -3.69. The van der Waals surface area contributed by atoms with Crippen LogP contribution in [-0.2, 0) is 10.0 Å². The van der Waals surface area contributed by atoms with Crippen molar-refractivity contribution in [2.45, 2.75) is 50.5 Å². The van der Waals surface area contributed by atoms with Crippen molar-refractivity contribution in [2.75, 3.05) is 18.4 Å². The number of anilines is 1. The fourth-order valence-electron chi connectivity index (χ4n) is 3.58. The van der Waals surface area contributed by atoms with Crippen molar-refractivity contribution in [2.24, 2.45) is 0 Å². The number of benzene rings is 2. The van der Waals surface area contributed by atoms with Gasteiger partial charge in [0.2, 0.25) is 10.0 Å². The lowest BCUT2D eigenvalue weighted by atomic mass is 10.1. The standard InChI is InChI=1S/C23H28ClN3O4S/c1-16(2)25-23(29)20-11-10-18(24)15-21(20)26-22(28)17-8-7-9-19(14-17)32(30,31)27-12-5-3-4-6-13-27/h7-11,14-16H,3-6,12-13H2,1-2H3,(H,25,29)(H,26,28). The van der Waals surface area contributed by atoms with Crippen LogP contribution >= 0.6 is 11.6 Å². The van der Waals surface area contributed by atoms with Gasteiger partial charge in [0, 0.05) is 29.7 Å². The van der Waals surface area contributed by atoms with Crippen molar-refractivity contribution in [3.8, 4) is 0 Å². The van der Waals surface area contributed by atoms with Gasteiger partial charge in [0.1, 0.15) is 0 Å². The van der Waals surface area contributed by atoms with Crippen LogP contribution in [-0.4, -0.2) is 43.7 Å². The van der Waals surface area contributed by atoms with Crippen LogP contribution in [0.5, 0.6) is 0 Å². The zero-order valence-electron chi connectivity index (χ0n) is 18.2. The predicted molar refractivity (Wildman–Crippen MR) is 126 cm³/mol. The zero-order valence-corrected chi connectivity index (χ0v) is 19.8. The van der Waals surface area contributed by atoms with Gasteiger partial charge < -0.3 is 10.6 Å². The molecule has 2 aromatic rings. The SMILES string of the molecule is CC(C)NC(=O)c1ccc(Cl)cc1NC(=O)c1cccc(S(=O)(=O)N2CCCCCC2)c1. The molecule has 2 aromatic carbocycles. The van der Waals surface area contributed by atoms with Crippen LogP contribution in [0.4, 0.5) is 5.69 Å². The van der Waals surface area contributed by atoms with Crippen LogP contribution in [0, 0.1) is 0 Å². The summed E-state index contributed by atoms with van der Waals surface area (Å²) in [5.74, 6) is -0.872. The third-order valence-electron chi connectivity index (χ3n) is 5.19. The van der Waals surface area contributed by atoms with Gasteiger partial charge in [-0.15, -0.1) is 0 Å². The summed E-state index contributed by atoms with van der Waals surface area (Å²) in [6, 6.07) is 10.5. The van der Waals surface area contributed by atoms with Gasteiger partial charge in [0.15, 0.2) is 0 Å². The lowest BCUT2D eigenvalue weighted by Gasteiger charge is -2.20. The fraction of sp³-hybridized carbons (Fsp3) is 0.391. The highest BCUT2D eigenvalue weighted by Crippen LogP contribution is 2.24. The minimum absolute atomic E-state index is 0.0796. The Morgan fingerprint density at radius 3 is 2.31 bits per heavy atom. The van der Waals surface area contributed by atoms with Gasteiger partial charge in [-0.3, -0.25) is 9.59 Å². The molecular weight excluding hydrogens is 450 g/mol. The Bertz CT molecular complexity index is 1090. The van der Waals surface area contributed by atoms with E-state index in [4.69, 9.17) is 11.6 Å².